The number of nitrogens with one attached hydrogen (secondary N) is 2. The lowest BCUT2D eigenvalue weighted by molar-refractivity contribution is 0.317. The zero-order valence-corrected chi connectivity index (χ0v) is 17.1. The van der Waals surface area contributed by atoms with E-state index in [2.05, 4.69) is 41.4 Å². The van der Waals surface area contributed by atoms with Gasteiger partial charge in [0.05, 0.1) is 11.3 Å². The SMILES string of the molecule is CC#Cc1ccc2sc3c(c2c1)CC([C@]1(C)CS(=O)(=O)N(C)C(=N)N1)C=C3. The van der Waals surface area contributed by atoms with Gasteiger partial charge in [0.2, 0.25) is 16.0 Å². The van der Waals surface area contributed by atoms with Crippen LogP contribution in [-0.2, 0) is 16.4 Å². The number of rotatable bonds is 1. The molecular formula is C20H21N3O2S2. The summed E-state index contributed by atoms with van der Waals surface area (Å²) in [7, 11) is -2.07. The molecule has 0 bridgehead atoms. The van der Waals surface area contributed by atoms with Gasteiger partial charge < -0.3 is 5.32 Å². The van der Waals surface area contributed by atoms with Crippen LogP contribution in [0, 0.1) is 23.2 Å². The van der Waals surface area contributed by atoms with Gasteiger partial charge >= 0.3 is 0 Å². The lowest BCUT2D eigenvalue weighted by Gasteiger charge is -2.44. The summed E-state index contributed by atoms with van der Waals surface area (Å²) in [6.07, 6.45) is 4.93. The number of nitrogens with zero attached hydrogens (tertiary/aromatic N) is 1. The van der Waals surface area contributed by atoms with E-state index in [1.807, 2.05) is 19.9 Å². The lowest BCUT2D eigenvalue weighted by Crippen LogP contribution is -2.65. The number of fused-ring (bicyclic) bond motifs is 3. The normalized spacial score (nSPS) is 26.3. The highest BCUT2D eigenvalue weighted by molar-refractivity contribution is 7.89. The maximum absolute atomic E-state index is 12.5. The molecule has 7 heteroatoms. The first-order valence-electron chi connectivity index (χ1n) is 8.73. The molecule has 5 nitrogen and oxygen atoms in total. The van der Waals surface area contributed by atoms with Gasteiger partial charge in [0.1, 0.15) is 0 Å². The summed E-state index contributed by atoms with van der Waals surface area (Å²) in [5.41, 5.74) is 1.52. The summed E-state index contributed by atoms with van der Waals surface area (Å²) in [6, 6.07) is 6.27. The van der Waals surface area contributed by atoms with Gasteiger partial charge in [0, 0.05) is 28.1 Å². The van der Waals surface area contributed by atoms with Crippen LogP contribution >= 0.6 is 11.3 Å². The Kier molecular flexibility index (Phi) is 4.09. The molecule has 2 aliphatic rings. The van der Waals surface area contributed by atoms with Crippen LogP contribution in [0.4, 0.5) is 0 Å². The molecule has 1 aliphatic carbocycles. The van der Waals surface area contributed by atoms with Crippen molar-refractivity contribution in [2.45, 2.75) is 25.8 Å². The zero-order chi connectivity index (χ0) is 19.4. The minimum Gasteiger partial charge on any atom is -0.349 e. The second-order valence-corrected chi connectivity index (χ2v) is 10.4. The Hall–Kier alpha value is -2.30. The van der Waals surface area contributed by atoms with Crippen LogP contribution in [0.1, 0.15) is 29.9 Å². The largest absolute Gasteiger partial charge is 0.349 e. The van der Waals surface area contributed by atoms with Crippen molar-refractivity contribution in [2.75, 3.05) is 12.8 Å². The highest BCUT2D eigenvalue weighted by Gasteiger charge is 2.45. The predicted molar refractivity (Wildman–Crippen MR) is 111 cm³/mol. The number of guanidine groups is 1. The number of thiophene rings is 1. The highest BCUT2D eigenvalue weighted by Crippen LogP contribution is 2.40. The van der Waals surface area contributed by atoms with Gasteiger partial charge in [0.25, 0.3) is 0 Å². The Bertz CT molecular complexity index is 1150. The second-order valence-electron chi connectivity index (χ2n) is 7.32. The van der Waals surface area contributed by atoms with Crippen molar-refractivity contribution in [2.24, 2.45) is 5.92 Å². The van der Waals surface area contributed by atoms with Gasteiger partial charge in [-0.15, -0.1) is 17.3 Å². The average Bonchev–Trinajstić information content (AvgIpc) is 2.97. The number of sulfonamides is 1. The molecule has 2 aromatic rings. The maximum atomic E-state index is 12.5. The molecule has 2 heterocycles. The van der Waals surface area contributed by atoms with E-state index in [0.29, 0.717) is 0 Å². The van der Waals surface area contributed by atoms with Gasteiger partial charge in [0.15, 0.2) is 0 Å². The van der Waals surface area contributed by atoms with E-state index < -0.39 is 15.6 Å². The van der Waals surface area contributed by atoms with E-state index >= 15 is 0 Å². The topological polar surface area (TPSA) is 73.3 Å². The molecule has 1 fully saturated rings. The number of benzene rings is 1. The van der Waals surface area contributed by atoms with Gasteiger partial charge in [-0.25, -0.2) is 12.7 Å². The minimum atomic E-state index is -3.49. The second kappa shape index (κ2) is 6.11. The van der Waals surface area contributed by atoms with Crippen LogP contribution in [0.5, 0.6) is 0 Å². The maximum Gasteiger partial charge on any atom is 0.239 e. The molecule has 0 saturated carbocycles. The smallest absolute Gasteiger partial charge is 0.239 e. The molecule has 27 heavy (non-hydrogen) atoms. The molecule has 4 rings (SSSR count). The van der Waals surface area contributed by atoms with E-state index in [1.165, 1.54) is 27.6 Å². The Morgan fingerprint density at radius 1 is 1.41 bits per heavy atom. The Morgan fingerprint density at radius 3 is 2.89 bits per heavy atom. The van der Waals surface area contributed by atoms with Crippen molar-refractivity contribution in [3.05, 3.63) is 40.3 Å². The molecule has 0 radical (unpaired) electrons. The number of hydrogen-bond donors (Lipinski definition) is 2. The van der Waals surface area contributed by atoms with Gasteiger partial charge in [-0.1, -0.05) is 12.0 Å². The van der Waals surface area contributed by atoms with Crippen LogP contribution in [0.25, 0.3) is 16.2 Å². The monoisotopic (exact) mass is 399 g/mol. The minimum absolute atomic E-state index is 0.0208. The molecule has 140 valence electrons. The fourth-order valence-corrected chi connectivity index (χ4v) is 6.55. The summed E-state index contributed by atoms with van der Waals surface area (Å²) in [5.74, 6) is 5.93. The molecule has 1 saturated heterocycles. The summed E-state index contributed by atoms with van der Waals surface area (Å²) >= 11 is 1.75. The zero-order valence-electron chi connectivity index (χ0n) is 15.5. The molecule has 1 unspecified atom stereocenters. The third-order valence-corrected chi connectivity index (χ3v) is 8.59. The molecule has 1 aliphatic heterocycles. The van der Waals surface area contributed by atoms with Gasteiger partial charge in [-0.2, -0.15) is 0 Å². The first-order chi connectivity index (χ1) is 12.7. The van der Waals surface area contributed by atoms with Crippen molar-refractivity contribution < 1.29 is 8.42 Å². The van der Waals surface area contributed by atoms with Crippen molar-refractivity contribution in [1.82, 2.24) is 9.62 Å². The highest BCUT2D eigenvalue weighted by atomic mass is 32.2. The van der Waals surface area contributed by atoms with E-state index in [0.717, 1.165) is 16.3 Å². The van der Waals surface area contributed by atoms with E-state index in [4.69, 9.17) is 5.41 Å². The number of hydrogen-bond acceptors (Lipinski definition) is 4. The molecule has 0 amide bonds. The Balaban J connectivity index is 1.74. The molecular weight excluding hydrogens is 378 g/mol. The van der Waals surface area contributed by atoms with E-state index in [-0.39, 0.29) is 17.6 Å². The third-order valence-electron chi connectivity index (χ3n) is 5.43. The van der Waals surface area contributed by atoms with Crippen LogP contribution in [0.15, 0.2) is 24.3 Å². The molecule has 2 N–H and O–H groups in total. The first kappa shape index (κ1) is 18.1. The van der Waals surface area contributed by atoms with E-state index in [9.17, 15) is 8.42 Å². The fraction of sp³-hybridized carbons (Fsp3) is 0.350. The summed E-state index contributed by atoms with van der Waals surface area (Å²) in [5, 5.41) is 12.4. The van der Waals surface area contributed by atoms with Crippen LogP contribution in [0.2, 0.25) is 0 Å². The quantitative estimate of drug-likeness (QED) is 0.724. The Morgan fingerprint density at radius 2 is 2.19 bits per heavy atom. The first-order valence-corrected chi connectivity index (χ1v) is 11.2. The van der Waals surface area contributed by atoms with Crippen molar-refractivity contribution in [1.29, 1.82) is 5.41 Å². The standard InChI is InChI=1S/C20H21N3O2S2/c1-4-5-13-6-8-17-15(10-13)16-11-14(7-9-18(16)26-17)20(2)12-27(24,25)23(3)19(21)22-20/h6-10,14H,11-12H2,1-3H3,(H2,21,22)/t14?,20-/m0/s1. The predicted octanol–water partition coefficient (Wildman–Crippen LogP) is 3.02. The van der Waals surface area contributed by atoms with Crippen molar-refractivity contribution in [3.63, 3.8) is 0 Å². The van der Waals surface area contributed by atoms with Gasteiger partial charge in [-0.3, -0.25) is 5.41 Å². The fourth-order valence-electron chi connectivity index (χ4n) is 3.86. The molecule has 1 aromatic carbocycles. The molecule has 2 atom stereocenters. The lowest BCUT2D eigenvalue weighted by atomic mass is 9.79. The van der Waals surface area contributed by atoms with Crippen LogP contribution in [-0.4, -0.2) is 37.0 Å². The van der Waals surface area contributed by atoms with Crippen molar-refractivity contribution in [3.8, 4) is 11.8 Å². The summed E-state index contributed by atoms with van der Waals surface area (Å²) in [4.78, 5) is 1.22. The Labute approximate surface area is 163 Å². The molecule has 1 aromatic heterocycles. The summed E-state index contributed by atoms with van der Waals surface area (Å²) in [6.45, 7) is 3.72. The third kappa shape index (κ3) is 2.93. The molecule has 0 spiro atoms. The van der Waals surface area contributed by atoms with Crippen LogP contribution in [0.3, 0.4) is 0 Å². The van der Waals surface area contributed by atoms with Gasteiger partial charge in [-0.05, 0) is 55.5 Å². The average molecular weight is 400 g/mol. The van der Waals surface area contributed by atoms with E-state index in [1.54, 1.807) is 11.3 Å². The summed E-state index contributed by atoms with van der Waals surface area (Å²) < 4.78 is 27.2. The van der Waals surface area contributed by atoms with Crippen molar-refractivity contribution >= 4 is 43.5 Å². The van der Waals surface area contributed by atoms with Crippen LogP contribution < -0.4 is 5.32 Å².